The van der Waals surface area contributed by atoms with Gasteiger partial charge in [-0.1, -0.05) is 81.7 Å². The molecule has 0 atom stereocenters. The number of allylic oxidation sites excluding steroid dienone is 3. The molecule has 0 aliphatic heterocycles. The van der Waals surface area contributed by atoms with E-state index in [0.717, 1.165) is 17.3 Å². The van der Waals surface area contributed by atoms with E-state index < -0.39 is 0 Å². The molecule has 0 fully saturated rings. The third kappa shape index (κ3) is 3.32. The highest BCUT2D eigenvalue weighted by Gasteiger charge is 2.31. The van der Waals surface area contributed by atoms with Crippen molar-refractivity contribution in [3.63, 3.8) is 0 Å². The third-order valence-corrected chi connectivity index (χ3v) is 6.78. The van der Waals surface area contributed by atoms with E-state index in [-0.39, 0.29) is 0 Å². The van der Waals surface area contributed by atoms with Crippen molar-refractivity contribution in [3.8, 4) is 0 Å². The molecule has 0 heterocycles. The monoisotopic (exact) mass is 440 g/mol. The molecule has 1 heteroatoms. The third-order valence-electron chi connectivity index (χ3n) is 6.26. The summed E-state index contributed by atoms with van der Waals surface area (Å²) in [6, 6.07) is 25.0. The minimum atomic E-state index is 1.14. The normalized spacial score (nSPS) is 16.0. The Morgan fingerprint density at radius 3 is 1.93 bits per heavy atom. The molecule has 144 valence electrons. The zero-order chi connectivity index (χ0) is 20.0. The molecule has 0 N–H and O–H groups in total. The number of hydrogen-bond donors (Lipinski definition) is 0. The van der Waals surface area contributed by atoms with E-state index in [1.165, 1.54) is 62.9 Å². The van der Waals surface area contributed by atoms with Crippen LogP contribution in [0.15, 0.2) is 76.8 Å². The lowest BCUT2D eigenvalue weighted by molar-refractivity contribution is 0.772. The van der Waals surface area contributed by atoms with Crippen LogP contribution < -0.4 is 0 Å². The summed E-state index contributed by atoms with van der Waals surface area (Å²) in [7, 11) is 0. The molecule has 3 aromatic rings. The van der Waals surface area contributed by atoms with E-state index >= 15 is 0 Å². The van der Waals surface area contributed by atoms with E-state index in [9.17, 15) is 0 Å². The Kier molecular flexibility index (Phi) is 4.80. The fourth-order valence-electron chi connectivity index (χ4n) is 4.85. The Bertz CT molecular complexity index is 1140. The van der Waals surface area contributed by atoms with Gasteiger partial charge >= 0.3 is 0 Å². The van der Waals surface area contributed by atoms with Crippen molar-refractivity contribution in [2.45, 2.75) is 39.5 Å². The van der Waals surface area contributed by atoms with Crippen LogP contribution in [0.5, 0.6) is 0 Å². The lowest BCUT2D eigenvalue weighted by atomic mass is 9.91. The molecular weight excluding hydrogens is 416 g/mol. The van der Waals surface area contributed by atoms with Gasteiger partial charge in [0.2, 0.25) is 0 Å². The van der Waals surface area contributed by atoms with E-state index in [1.807, 2.05) is 0 Å². The molecule has 0 aromatic heterocycles. The Morgan fingerprint density at radius 1 is 0.586 bits per heavy atom. The first kappa shape index (κ1) is 18.6. The van der Waals surface area contributed by atoms with Crippen LogP contribution in [0.1, 0.15) is 59.1 Å². The molecule has 0 nitrogen and oxygen atoms in total. The molecule has 0 bridgehead atoms. The number of fused-ring (bicyclic) bond motifs is 3. The van der Waals surface area contributed by atoms with Gasteiger partial charge in [-0.2, -0.15) is 0 Å². The zero-order valence-corrected chi connectivity index (χ0v) is 18.6. The van der Waals surface area contributed by atoms with Gasteiger partial charge in [-0.25, -0.2) is 0 Å². The van der Waals surface area contributed by atoms with Crippen molar-refractivity contribution in [3.05, 3.63) is 110 Å². The van der Waals surface area contributed by atoms with Gasteiger partial charge in [-0.15, -0.1) is 0 Å². The molecule has 0 unspecified atom stereocenters. The lowest BCUT2D eigenvalue weighted by Gasteiger charge is -2.13. The van der Waals surface area contributed by atoms with Crippen molar-refractivity contribution in [2.75, 3.05) is 0 Å². The highest BCUT2D eigenvalue weighted by atomic mass is 79.9. The predicted molar refractivity (Wildman–Crippen MR) is 128 cm³/mol. The van der Waals surface area contributed by atoms with Crippen molar-refractivity contribution in [2.24, 2.45) is 0 Å². The SMILES string of the molecule is Cc1ccc(C2=C3CCCCC(c4ccc(Br)cc4)=C3c3ccc(C)cc32)cc1. The minimum absolute atomic E-state index is 1.14. The summed E-state index contributed by atoms with van der Waals surface area (Å²) in [5.74, 6) is 0. The zero-order valence-electron chi connectivity index (χ0n) is 17.1. The van der Waals surface area contributed by atoms with E-state index in [4.69, 9.17) is 0 Å². The molecule has 2 aliphatic carbocycles. The van der Waals surface area contributed by atoms with Gasteiger partial charge < -0.3 is 0 Å². The highest BCUT2D eigenvalue weighted by Crippen LogP contribution is 2.51. The predicted octanol–water partition coefficient (Wildman–Crippen LogP) is 8.37. The molecule has 0 saturated carbocycles. The van der Waals surface area contributed by atoms with Crippen LogP contribution >= 0.6 is 15.9 Å². The maximum Gasteiger partial charge on any atom is 0.0175 e. The van der Waals surface area contributed by atoms with Gasteiger partial charge in [0, 0.05) is 4.47 Å². The number of rotatable bonds is 2. The Labute approximate surface area is 182 Å². The summed E-state index contributed by atoms with van der Waals surface area (Å²) in [4.78, 5) is 0. The quantitative estimate of drug-likeness (QED) is 0.375. The van der Waals surface area contributed by atoms with E-state index in [1.54, 1.807) is 5.57 Å². The van der Waals surface area contributed by atoms with Crippen LogP contribution in [-0.2, 0) is 0 Å². The van der Waals surface area contributed by atoms with Gasteiger partial charge in [0.25, 0.3) is 0 Å². The second kappa shape index (κ2) is 7.46. The summed E-state index contributed by atoms with van der Waals surface area (Å²) in [6.07, 6.45) is 4.81. The average molecular weight is 441 g/mol. The standard InChI is InChI=1S/C28H25Br/c1-18-7-10-21(11-8-18)27-25-6-4-3-5-23(20-12-14-22(29)15-13-20)28(25)24-16-9-19(2)17-26(24)27/h7-17H,3-6H2,1-2H3. The number of aryl methyl sites for hydroxylation is 2. The minimum Gasteiger partial charge on any atom is -0.0587 e. The highest BCUT2D eigenvalue weighted by molar-refractivity contribution is 9.10. The number of halogens is 1. The summed E-state index contributed by atoms with van der Waals surface area (Å²) in [6.45, 7) is 4.37. The smallest absolute Gasteiger partial charge is 0.0175 e. The van der Waals surface area contributed by atoms with Crippen molar-refractivity contribution in [1.82, 2.24) is 0 Å². The molecule has 0 amide bonds. The Balaban J connectivity index is 1.82. The molecule has 0 saturated heterocycles. The first-order valence-corrected chi connectivity index (χ1v) is 11.3. The molecule has 2 aliphatic rings. The van der Waals surface area contributed by atoms with Crippen molar-refractivity contribution < 1.29 is 0 Å². The van der Waals surface area contributed by atoms with Crippen LogP contribution in [0.3, 0.4) is 0 Å². The van der Waals surface area contributed by atoms with Crippen LogP contribution in [0.2, 0.25) is 0 Å². The molecule has 0 radical (unpaired) electrons. The van der Waals surface area contributed by atoms with Crippen molar-refractivity contribution in [1.29, 1.82) is 0 Å². The van der Waals surface area contributed by atoms with Gasteiger partial charge in [0.15, 0.2) is 0 Å². The Morgan fingerprint density at radius 2 is 1.21 bits per heavy atom. The summed E-state index contributed by atoms with van der Waals surface area (Å²) in [5.41, 5.74) is 14.2. The first-order chi connectivity index (χ1) is 14.1. The molecule has 0 spiro atoms. The molecular formula is C28H25Br. The summed E-state index contributed by atoms with van der Waals surface area (Å²) >= 11 is 3.60. The van der Waals surface area contributed by atoms with Crippen LogP contribution in [0.4, 0.5) is 0 Å². The van der Waals surface area contributed by atoms with E-state index in [0.29, 0.717) is 0 Å². The fourth-order valence-corrected chi connectivity index (χ4v) is 5.11. The van der Waals surface area contributed by atoms with Gasteiger partial charge in [-0.05, 0) is 96.2 Å². The number of hydrogen-bond acceptors (Lipinski definition) is 0. The van der Waals surface area contributed by atoms with Crippen molar-refractivity contribution >= 4 is 32.6 Å². The van der Waals surface area contributed by atoms with Gasteiger partial charge in [-0.3, -0.25) is 0 Å². The maximum atomic E-state index is 3.60. The van der Waals surface area contributed by atoms with Crippen LogP contribution in [-0.4, -0.2) is 0 Å². The second-order valence-corrected chi connectivity index (χ2v) is 9.25. The van der Waals surface area contributed by atoms with Gasteiger partial charge in [0.05, 0.1) is 0 Å². The van der Waals surface area contributed by atoms with E-state index in [2.05, 4.69) is 96.5 Å². The van der Waals surface area contributed by atoms with Crippen LogP contribution in [0.25, 0.3) is 16.7 Å². The number of benzene rings is 3. The Hall–Kier alpha value is -2.38. The summed E-state index contributed by atoms with van der Waals surface area (Å²) < 4.78 is 1.14. The van der Waals surface area contributed by atoms with Crippen LogP contribution in [0, 0.1) is 13.8 Å². The molecule has 3 aromatic carbocycles. The topological polar surface area (TPSA) is 0 Å². The largest absolute Gasteiger partial charge is 0.0587 e. The first-order valence-electron chi connectivity index (χ1n) is 10.5. The second-order valence-electron chi connectivity index (χ2n) is 8.34. The molecule has 29 heavy (non-hydrogen) atoms. The fraction of sp³-hybridized carbons (Fsp3) is 0.214. The average Bonchev–Trinajstić information content (AvgIpc) is 2.87. The van der Waals surface area contributed by atoms with Gasteiger partial charge in [0.1, 0.15) is 0 Å². The molecule has 5 rings (SSSR count). The summed E-state index contributed by atoms with van der Waals surface area (Å²) in [5, 5.41) is 0. The lowest BCUT2D eigenvalue weighted by Crippen LogP contribution is -1.92. The maximum absolute atomic E-state index is 3.60.